The van der Waals surface area contributed by atoms with E-state index in [1.165, 1.54) is 20.9 Å². The molecule has 0 radical (unpaired) electrons. The molecule has 3 aromatic carbocycles. The number of hydrogen-bond donors (Lipinski definition) is 0. The summed E-state index contributed by atoms with van der Waals surface area (Å²) in [6.07, 6.45) is 0. The van der Waals surface area contributed by atoms with Crippen LogP contribution in [0, 0.1) is 0 Å². The standard InChI is InChI=1S/C18H13BrS/c19-16-11-15(14-7-3-1-4-8-14)12-18(13-16)20-17-9-5-2-6-10-17/h1-13H. The van der Waals surface area contributed by atoms with Crippen molar-refractivity contribution in [3.63, 3.8) is 0 Å². The molecule has 0 amide bonds. The van der Waals surface area contributed by atoms with Crippen LogP contribution in [0.2, 0.25) is 0 Å². The second-order valence-electron chi connectivity index (χ2n) is 4.46. The van der Waals surface area contributed by atoms with Gasteiger partial charge in [-0.2, -0.15) is 0 Å². The monoisotopic (exact) mass is 340 g/mol. The van der Waals surface area contributed by atoms with Crippen molar-refractivity contribution in [2.75, 3.05) is 0 Å². The Morgan fingerprint density at radius 1 is 0.600 bits per heavy atom. The Kier molecular flexibility index (Phi) is 4.24. The van der Waals surface area contributed by atoms with E-state index in [-0.39, 0.29) is 0 Å². The smallest absolute Gasteiger partial charge is 0.0192 e. The molecule has 3 aromatic rings. The molecule has 0 heterocycles. The summed E-state index contributed by atoms with van der Waals surface area (Å²) in [6.45, 7) is 0. The van der Waals surface area contributed by atoms with E-state index in [1.807, 2.05) is 12.1 Å². The molecular weight excluding hydrogens is 328 g/mol. The van der Waals surface area contributed by atoms with Crippen molar-refractivity contribution in [1.82, 2.24) is 0 Å². The molecule has 0 aliphatic heterocycles. The molecule has 0 spiro atoms. The van der Waals surface area contributed by atoms with Crippen LogP contribution in [0.1, 0.15) is 0 Å². The molecule has 3 rings (SSSR count). The van der Waals surface area contributed by atoms with Crippen molar-refractivity contribution in [1.29, 1.82) is 0 Å². The van der Waals surface area contributed by atoms with Gasteiger partial charge in [0.15, 0.2) is 0 Å². The Balaban J connectivity index is 1.95. The molecule has 0 bridgehead atoms. The highest BCUT2D eigenvalue weighted by atomic mass is 79.9. The Hall–Kier alpha value is -1.51. The lowest BCUT2D eigenvalue weighted by Gasteiger charge is -2.07. The summed E-state index contributed by atoms with van der Waals surface area (Å²) in [7, 11) is 0. The number of rotatable bonds is 3. The SMILES string of the molecule is Brc1cc(Sc2ccccc2)cc(-c2ccccc2)c1. The summed E-state index contributed by atoms with van der Waals surface area (Å²) in [5.41, 5.74) is 2.47. The van der Waals surface area contributed by atoms with E-state index in [9.17, 15) is 0 Å². The summed E-state index contributed by atoms with van der Waals surface area (Å²) >= 11 is 5.39. The van der Waals surface area contributed by atoms with Gasteiger partial charge in [-0.1, -0.05) is 76.2 Å². The zero-order valence-corrected chi connectivity index (χ0v) is 13.2. The molecule has 0 aromatic heterocycles. The highest BCUT2D eigenvalue weighted by molar-refractivity contribution is 9.10. The van der Waals surface area contributed by atoms with Crippen LogP contribution >= 0.6 is 27.7 Å². The van der Waals surface area contributed by atoms with Crippen molar-refractivity contribution in [2.24, 2.45) is 0 Å². The molecule has 20 heavy (non-hydrogen) atoms. The van der Waals surface area contributed by atoms with E-state index >= 15 is 0 Å². The van der Waals surface area contributed by atoms with Crippen molar-refractivity contribution in [3.05, 3.63) is 83.3 Å². The molecule has 0 saturated carbocycles. The maximum Gasteiger partial charge on any atom is 0.0192 e. The van der Waals surface area contributed by atoms with E-state index in [2.05, 4.69) is 82.7 Å². The van der Waals surface area contributed by atoms with Crippen LogP contribution in [-0.4, -0.2) is 0 Å². The molecule has 0 aliphatic carbocycles. The molecular formula is C18H13BrS. The van der Waals surface area contributed by atoms with Gasteiger partial charge in [0.25, 0.3) is 0 Å². The Labute approximate surface area is 132 Å². The number of hydrogen-bond acceptors (Lipinski definition) is 1. The first-order chi connectivity index (χ1) is 9.81. The largest absolute Gasteiger partial charge is 0.0900 e. The van der Waals surface area contributed by atoms with E-state index in [1.54, 1.807) is 11.8 Å². The lowest BCUT2D eigenvalue weighted by molar-refractivity contribution is 1.39. The molecule has 0 N–H and O–H groups in total. The normalized spacial score (nSPS) is 10.4. The molecule has 0 aliphatic rings. The molecule has 0 atom stereocenters. The average Bonchev–Trinajstić information content (AvgIpc) is 2.49. The average molecular weight is 341 g/mol. The lowest BCUT2D eigenvalue weighted by Crippen LogP contribution is -1.80. The summed E-state index contributed by atoms with van der Waals surface area (Å²) in [4.78, 5) is 2.49. The van der Waals surface area contributed by atoms with Gasteiger partial charge in [0, 0.05) is 14.3 Å². The zero-order valence-electron chi connectivity index (χ0n) is 10.8. The quantitative estimate of drug-likeness (QED) is 0.541. The van der Waals surface area contributed by atoms with E-state index in [0.717, 1.165) is 4.47 Å². The summed E-state index contributed by atoms with van der Waals surface area (Å²) in [5.74, 6) is 0. The molecule has 0 nitrogen and oxygen atoms in total. The van der Waals surface area contributed by atoms with Crippen LogP contribution in [0.15, 0.2) is 93.1 Å². The van der Waals surface area contributed by atoms with Crippen molar-refractivity contribution >= 4 is 27.7 Å². The minimum absolute atomic E-state index is 1.11. The van der Waals surface area contributed by atoms with Crippen LogP contribution in [0.25, 0.3) is 11.1 Å². The number of halogens is 1. The minimum Gasteiger partial charge on any atom is -0.0900 e. The fraction of sp³-hybridized carbons (Fsp3) is 0. The van der Waals surface area contributed by atoms with Gasteiger partial charge in [-0.3, -0.25) is 0 Å². The Morgan fingerprint density at radius 2 is 1.25 bits per heavy atom. The van der Waals surface area contributed by atoms with Gasteiger partial charge in [0.05, 0.1) is 0 Å². The summed E-state index contributed by atoms with van der Waals surface area (Å²) < 4.78 is 1.11. The van der Waals surface area contributed by atoms with E-state index in [4.69, 9.17) is 0 Å². The molecule has 0 unspecified atom stereocenters. The highest BCUT2D eigenvalue weighted by Crippen LogP contribution is 2.33. The first-order valence-electron chi connectivity index (χ1n) is 6.40. The van der Waals surface area contributed by atoms with Crippen LogP contribution in [-0.2, 0) is 0 Å². The van der Waals surface area contributed by atoms with Crippen molar-refractivity contribution in [3.8, 4) is 11.1 Å². The highest BCUT2D eigenvalue weighted by Gasteiger charge is 2.03. The van der Waals surface area contributed by atoms with Crippen LogP contribution in [0.5, 0.6) is 0 Å². The van der Waals surface area contributed by atoms with Crippen LogP contribution in [0.3, 0.4) is 0 Å². The van der Waals surface area contributed by atoms with E-state index in [0.29, 0.717) is 0 Å². The van der Waals surface area contributed by atoms with Crippen LogP contribution < -0.4 is 0 Å². The fourth-order valence-corrected chi connectivity index (χ4v) is 3.63. The van der Waals surface area contributed by atoms with Crippen LogP contribution in [0.4, 0.5) is 0 Å². The lowest BCUT2D eigenvalue weighted by atomic mass is 10.1. The predicted molar refractivity (Wildman–Crippen MR) is 90.1 cm³/mol. The summed E-state index contributed by atoms with van der Waals surface area (Å²) in [6, 6.07) is 27.4. The third-order valence-electron chi connectivity index (χ3n) is 2.96. The maximum atomic E-state index is 3.61. The van der Waals surface area contributed by atoms with Gasteiger partial charge in [-0.15, -0.1) is 0 Å². The van der Waals surface area contributed by atoms with Crippen molar-refractivity contribution < 1.29 is 0 Å². The molecule has 2 heteroatoms. The molecule has 0 saturated heterocycles. The molecule has 0 fully saturated rings. The van der Waals surface area contributed by atoms with Gasteiger partial charge in [-0.05, 0) is 41.5 Å². The first-order valence-corrected chi connectivity index (χ1v) is 8.01. The topological polar surface area (TPSA) is 0 Å². The van der Waals surface area contributed by atoms with Gasteiger partial charge in [0.2, 0.25) is 0 Å². The fourth-order valence-electron chi connectivity index (χ4n) is 2.04. The maximum absolute atomic E-state index is 3.61. The van der Waals surface area contributed by atoms with Crippen molar-refractivity contribution in [2.45, 2.75) is 9.79 Å². The zero-order chi connectivity index (χ0) is 13.8. The molecule has 98 valence electrons. The van der Waals surface area contributed by atoms with E-state index < -0.39 is 0 Å². The van der Waals surface area contributed by atoms with Gasteiger partial charge < -0.3 is 0 Å². The Morgan fingerprint density at radius 3 is 1.95 bits per heavy atom. The van der Waals surface area contributed by atoms with Gasteiger partial charge >= 0.3 is 0 Å². The summed E-state index contributed by atoms with van der Waals surface area (Å²) in [5, 5.41) is 0. The second kappa shape index (κ2) is 6.29. The first kappa shape index (κ1) is 13.5. The van der Waals surface area contributed by atoms with Gasteiger partial charge in [0.1, 0.15) is 0 Å². The second-order valence-corrected chi connectivity index (χ2v) is 6.52. The predicted octanol–water partition coefficient (Wildman–Crippen LogP) is 6.27. The third-order valence-corrected chi connectivity index (χ3v) is 4.39. The number of benzene rings is 3. The van der Waals surface area contributed by atoms with Gasteiger partial charge in [-0.25, -0.2) is 0 Å². The minimum atomic E-state index is 1.11. The Bertz CT molecular complexity index is 693. The third kappa shape index (κ3) is 3.33.